The zero-order valence-electron chi connectivity index (χ0n) is 8.45. The van der Waals surface area contributed by atoms with Gasteiger partial charge in [0.25, 0.3) is 0 Å². The largest absolute Gasteiger partial charge is 0.477 e. The molecule has 1 heterocycles. The molecule has 0 aliphatic heterocycles. The fourth-order valence-corrected chi connectivity index (χ4v) is 1.60. The van der Waals surface area contributed by atoms with Gasteiger partial charge in [-0.05, 0) is 18.2 Å². The molecule has 0 fully saturated rings. The van der Waals surface area contributed by atoms with E-state index in [-0.39, 0.29) is 17.7 Å². The topological polar surface area (TPSA) is 90.7 Å². The zero-order valence-corrected chi connectivity index (χ0v) is 9.34. The summed E-state index contributed by atoms with van der Waals surface area (Å²) in [6.07, 6.45) is -0.699. The summed E-state index contributed by atoms with van der Waals surface area (Å²) >= 11 is 3.93. The zero-order chi connectivity index (χ0) is 12.1. The first-order valence-corrected chi connectivity index (χ1v) is 5.36. The molecule has 0 amide bonds. The van der Waals surface area contributed by atoms with Crippen LogP contribution in [0.5, 0.6) is 0 Å². The summed E-state index contributed by atoms with van der Waals surface area (Å²) in [5, 5.41) is 28.2. The molecule has 1 rings (SSSR count). The van der Waals surface area contributed by atoms with Crippen LogP contribution in [0.15, 0.2) is 18.3 Å². The number of carboxylic acids is 1. The van der Waals surface area contributed by atoms with Crippen LogP contribution in [0.25, 0.3) is 0 Å². The number of aliphatic hydroxyl groups excluding tert-OH is 2. The normalized spacial score (nSPS) is 14.4. The second-order valence-electron chi connectivity index (χ2n) is 3.27. The standard InChI is InChI=1S/C10H13NO4S/c12-7(3-5-16)9(13)6-2-1-4-11-8(6)10(14)15/h1-2,4,7,9,12-13,16H,3,5H2,(H,14,15). The van der Waals surface area contributed by atoms with E-state index in [1.165, 1.54) is 18.3 Å². The number of hydrogen-bond donors (Lipinski definition) is 4. The van der Waals surface area contributed by atoms with Crippen LogP contribution in [0.1, 0.15) is 28.6 Å². The number of hydrogen-bond acceptors (Lipinski definition) is 5. The number of aromatic nitrogens is 1. The highest BCUT2D eigenvalue weighted by Gasteiger charge is 2.23. The number of thiol groups is 1. The van der Waals surface area contributed by atoms with Gasteiger partial charge in [-0.2, -0.15) is 12.6 Å². The summed E-state index contributed by atoms with van der Waals surface area (Å²) in [4.78, 5) is 14.5. The van der Waals surface area contributed by atoms with Crippen molar-refractivity contribution in [3.8, 4) is 0 Å². The van der Waals surface area contributed by atoms with E-state index in [1.807, 2.05) is 0 Å². The number of aromatic carboxylic acids is 1. The third kappa shape index (κ3) is 2.94. The van der Waals surface area contributed by atoms with E-state index in [1.54, 1.807) is 0 Å². The lowest BCUT2D eigenvalue weighted by molar-refractivity contribution is 0.0159. The Hall–Kier alpha value is -1.11. The van der Waals surface area contributed by atoms with Gasteiger partial charge in [0.2, 0.25) is 0 Å². The Bertz CT molecular complexity index is 372. The molecular formula is C10H13NO4S. The second kappa shape index (κ2) is 5.83. The van der Waals surface area contributed by atoms with Crippen molar-refractivity contribution in [3.05, 3.63) is 29.6 Å². The smallest absolute Gasteiger partial charge is 0.354 e. The summed E-state index contributed by atoms with van der Waals surface area (Å²) < 4.78 is 0. The van der Waals surface area contributed by atoms with Gasteiger partial charge in [-0.25, -0.2) is 9.78 Å². The van der Waals surface area contributed by atoms with Crippen LogP contribution in [0.3, 0.4) is 0 Å². The van der Waals surface area contributed by atoms with E-state index in [0.717, 1.165) is 0 Å². The van der Waals surface area contributed by atoms with E-state index in [0.29, 0.717) is 5.75 Å². The molecule has 0 spiro atoms. The maximum absolute atomic E-state index is 10.8. The maximum atomic E-state index is 10.8. The highest BCUT2D eigenvalue weighted by Crippen LogP contribution is 2.21. The SMILES string of the molecule is O=C(O)c1ncccc1C(O)C(O)CCS. The fourth-order valence-electron chi connectivity index (χ4n) is 1.33. The molecule has 5 nitrogen and oxygen atoms in total. The van der Waals surface area contributed by atoms with Crippen molar-refractivity contribution in [3.63, 3.8) is 0 Å². The van der Waals surface area contributed by atoms with Crippen molar-refractivity contribution in [1.29, 1.82) is 0 Å². The van der Waals surface area contributed by atoms with E-state index >= 15 is 0 Å². The minimum Gasteiger partial charge on any atom is -0.477 e. The number of carbonyl (C=O) groups is 1. The van der Waals surface area contributed by atoms with Crippen LogP contribution in [0.2, 0.25) is 0 Å². The van der Waals surface area contributed by atoms with Crippen molar-refractivity contribution in [2.24, 2.45) is 0 Å². The van der Waals surface area contributed by atoms with Gasteiger partial charge < -0.3 is 15.3 Å². The van der Waals surface area contributed by atoms with Gasteiger partial charge in [-0.1, -0.05) is 6.07 Å². The average molecular weight is 243 g/mol. The second-order valence-corrected chi connectivity index (χ2v) is 3.72. The molecule has 0 saturated carbocycles. The summed E-state index contributed by atoms with van der Waals surface area (Å²) in [5.74, 6) is -0.825. The van der Waals surface area contributed by atoms with Crippen LogP contribution < -0.4 is 0 Å². The minimum atomic E-state index is -1.26. The number of aliphatic hydroxyl groups is 2. The first-order valence-electron chi connectivity index (χ1n) is 4.73. The molecule has 0 aliphatic rings. The van der Waals surface area contributed by atoms with Gasteiger partial charge in [0.15, 0.2) is 5.69 Å². The molecule has 6 heteroatoms. The number of pyridine rings is 1. The monoisotopic (exact) mass is 243 g/mol. The van der Waals surface area contributed by atoms with Gasteiger partial charge in [-0.3, -0.25) is 0 Å². The maximum Gasteiger partial charge on any atom is 0.354 e. The van der Waals surface area contributed by atoms with E-state index < -0.39 is 18.2 Å². The summed E-state index contributed by atoms with van der Waals surface area (Å²) in [7, 11) is 0. The third-order valence-corrected chi connectivity index (χ3v) is 2.41. The molecule has 0 radical (unpaired) electrons. The highest BCUT2D eigenvalue weighted by atomic mass is 32.1. The van der Waals surface area contributed by atoms with Crippen LogP contribution in [-0.4, -0.2) is 38.1 Å². The van der Waals surface area contributed by atoms with Gasteiger partial charge in [-0.15, -0.1) is 0 Å². The molecule has 2 unspecified atom stereocenters. The molecule has 0 aliphatic carbocycles. The number of rotatable bonds is 5. The molecule has 0 bridgehead atoms. The van der Waals surface area contributed by atoms with Gasteiger partial charge >= 0.3 is 5.97 Å². The summed E-state index contributed by atoms with van der Waals surface area (Å²) in [6.45, 7) is 0. The Morgan fingerprint density at radius 2 is 2.19 bits per heavy atom. The molecule has 1 aromatic rings. The Balaban J connectivity index is 2.98. The van der Waals surface area contributed by atoms with Crippen LogP contribution >= 0.6 is 12.6 Å². The fraction of sp³-hybridized carbons (Fsp3) is 0.400. The van der Waals surface area contributed by atoms with E-state index in [9.17, 15) is 15.0 Å². The first-order chi connectivity index (χ1) is 7.57. The molecule has 2 atom stereocenters. The predicted octanol–water partition coefficient (Wildman–Crippen LogP) is 0.494. The van der Waals surface area contributed by atoms with Crippen LogP contribution in [-0.2, 0) is 0 Å². The molecule has 16 heavy (non-hydrogen) atoms. The Morgan fingerprint density at radius 3 is 2.75 bits per heavy atom. The van der Waals surface area contributed by atoms with Gasteiger partial charge in [0, 0.05) is 11.8 Å². The summed E-state index contributed by atoms with van der Waals surface area (Å²) in [5.41, 5.74) is -0.127. The van der Waals surface area contributed by atoms with Crippen molar-refractivity contribution >= 4 is 18.6 Å². The van der Waals surface area contributed by atoms with Crippen molar-refractivity contribution in [1.82, 2.24) is 4.98 Å². The molecule has 88 valence electrons. The molecule has 3 N–H and O–H groups in total. The minimum absolute atomic E-state index is 0.115. The molecule has 0 saturated heterocycles. The Kier molecular flexibility index (Phi) is 4.72. The highest BCUT2D eigenvalue weighted by molar-refractivity contribution is 7.80. The van der Waals surface area contributed by atoms with Gasteiger partial charge in [0.05, 0.1) is 6.10 Å². The van der Waals surface area contributed by atoms with Crippen LogP contribution in [0.4, 0.5) is 0 Å². The Labute approximate surface area is 98.2 Å². The number of carboxylic acid groups (broad SMARTS) is 1. The lowest BCUT2D eigenvalue weighted by atomic mass is 10.0. The Morgan fingerprint density at radius 1 is 1.50 bits per heavy atom. The molecule has 0 aromatic carbocycles. The van der Waals surface area contributed by atoms with Crippen LogP contribution in [0, 0.1) is 0 Å². The van der Waals surface area contributed by atoms with Gasteiger partial charge in [0.1, 0.15) is 6.10 Å². The van der Waals surface area contributed by atoms with Crippen molar-refractivity contribution < 1.29 is 20.1 Å². The van der Waals surface area contributed by atoms with E-state index in [4.69, 9.17) is 5.11 Å². The molecule has 1 aromatic heterocycles. The van der Waals surface area contributed by atoms with E-state index in [2.05, 4.69) is 17.6 Å². The lowest BCUT2D eigenvalue weighted by Gasteiger charge is -2.18. The molecular weight excluding hydrogens is 230 g/mol. The third-order valence-electron chi connectivity index (χ3n) is 2.15. The predicted molar refractivity (Wildman–Crippen MR) is 60.6 cm³/mol. The van der Waals surface area contributed by atoms with Crippen molar-refractivity contribution in [2.75, 3.05) is 5.75 Å². The van der Waals surface area contributed by atoms with Crippen molar-refractivity contribution in [2.45, 2.75) is 18.6 Å². The quantitative estimate of drug-likeness (QED) is 0.565. The first kappa shape index (κ1) is 13.0. The average Bonchev–Trinajstić information content (AvgIpc) is 2.28. The number of nitrogens with zero attached hydrogens (tertiary/aromatic N) is 1. The lowest BCUT2D eigenvalue weighted by Crippen LogP contribution is -2.21. The summed E-state index contributed by atoms with van der Waals surface area (Å²) in [6, 6.07) is 2.95.